The van der Waals surface area contributed by atoms with Gasteiger partial charge in [-0.15, -0.1) is 0 Å². The topological polar surface area (TPSA) is 96.3 Å². The molecule has 5 rings (SSSR count). The summed E-state index contributed by atoms with van der Waals surface area (Å²) in [7, 11) is 0. The molecule has 10 heteroatoms. The number of likely N-dealkylation sites (tertiary alicyclic amines) is 1. The van der Waals surface area contributed by atoms with Crippen molar-refractivity contribution < 1.29 is 28.9 Å². The van der Waals surface area contributed by atoms with E-state index in [1.165, 1.54) is 12.2 Å². The summed E-state index contributed by atoms with van der Waals surface area (Å²) in [4.78, 5) is 16.2. The molecule has 1 amide bonds. The number of benzene rings is 2. The number of piperidine rings is 2. The van der Waals surface area contributed by atoms with E-state index in [9.17, 15) is 28.9 Å². The molecule has 2 unspecified atom stereocenters. The molecule has 2 saturated heterocycles. The monoisotopic (exact) mass is 547 g/mol. The highest BCUT2D eigenvalue weighted by atomic mass is 35.5. The number of fused-ring (bicyclic) bond motifs is 2. The van der Waals surface area contributed by atoms with E-state index >= 15 is 0 Å². The second kappa shape index (κ2) is 10.5. The van der Waals surface area contributed by atoms with Crippen molar-refractivity contribution in [1.29, 1.82) is 0 Å². The molecular weight excluding hydrogens is 516 g/mol. The Morgan fingerprint density at radius 2 is 1.87 bits per heavy atom. The Bertz CT molecular complexity index is 1220. The van der Waals surface area contributed by atoms with Crippen LogP contribution in [-0.4, -0.2) is 83.2 Å². The van der Waals surface area contributed by atoms with Crippen molar-refractivity contribution in [1.82, 2.24) is 10.2 Å². The van der Waals surface area contributed by atoms with E-state index in [1.54, 1.807) is 4.90 Å². The van der Waals surface area contributed by atoms with Crippen molar-refractivity contribution in [2.75, 3.05) is 44.2 Å². The van der Waals surface area contributed by atoms with Crippen LogP contribution in [0.1, 0.15) is 30.4 Å². The van der Waals surface area contributed by atoms with Crippen LogP contribution in [0, 0.1) is 11.6 Å². The van der Waals surface area contributed by atoms with Crippen LogP contribution in [0.25, 0.3) is 6.08 Å². The number of amides is 1. The minimum absolute atomic E-state index is 0.157. The first-order valence-electron chi connectivity index (χ1n) is 12.9. The van der Waals surface area contributed by atoms with Gasteiger partial charge in [-0.1, -0.05) is 17.7 Å². The summed E-state index contributed by atoms with van der Waals surface area (Å²) in [5, 5.41) is 37.2. The molecule has 0 saturated carbocycles. The fraction of sp³-hybridized carbons (Fsp3) is 0.464. The van der Waals surface area contributed by atoms with Crippen LogP contribution >= 0.6 is 11.6 Å². The second-order valence-electron chi connectivity index (χ2n) is 10.6. The Kier molecular flexibility index (Phi) is 7.50. The molecule has 0 aliphatic carbocycles. The zero-order valence-electron chi connectivity index (χ0n) is 20.9. The Morgan fingerprint density at radius 1 is 1.16 bits per heavy atom. The smallest absolute Gasteiger partial charge is 0.246 e. The number of carbonyl (C=O) groups is 1. The molecule has 3 heterocycles. The number of carbonyl (C=O) groups excluding carboxylic acids is 1. The van der Waals surface area contributed by atoms with Crippen molar-refractivity contribution in [3.8, 4) is 0 Å². The van der Waals surface area contributed by atoms with Gasteiger partial charge >= 0.3 is 0 Å². The van der Waals surface area contributed by atoms with Gasteiger partial charge in [0.15, 0.2) is 0 Å². The first-order chi connectivity index (χ1) is 18.1. The molecule has 0 radical (unpaired) electrons. The van der Waals surface area contributed by atoms with Gasteiger partial charge in [-0.25, -0.2) is 8.78 Å². The van der Waals surface area contributed by atoms with Crippen LogP contribution in [0.15, 0.2) is 42.5 Å². The van der Waals surface area contributed by atoms with Crippen molar-refractivity contribution in [2.24, 2.45) is 0 Å². The van der Waals surface area contributed by atoms with E-state index in [0.717, 1.165) is 42.4 Å². The lowest BCUT2D eigenvalue weighted by molar-refractivity contribution is -0.137. The van der Waals surface area contributed by atoms with E-state index in [0.29, 0.717) is 18.1 Å². The summed E-state index contributed by atoms with van der Waals surface area (Å²) in [5.74, 6) is -1.79. The van der Waals surface area contributed by atoms with Gasteiger partial charge in [0.05, 0.1) is 11.7 Å². The van der Waals surface area contributed by atoms with E-state index in [-0.39, 0.29) is 43.9 Å². The summed E-state index contributed by atoms with van der Waals surface area (Å²) in [5.41, 5.74) is 0.226. The first-order valence-corrected chi connectivity index (χ1v) is 13.2. The Hall–Kier alpha value is -2.56. The molecule has 204 valence electrons. The number of hydrogen-bond acceptors (Lipinski definition) is 6. The molecule has 2 aromatic carbocycles. The number of hydrogen-bond donors (Lipinski definition) is 4. The van der Waals surface area contributed by atoms with Gasteiger partial charge in [-0.05, 0) is 67.3 Å². The minimum Gasteiger partial charge on any atom is -0.391 e. The van der Waals surface area contributed by atoms with Gasteiger partial charge in [0.2, 0.25) is 5.91 Å². The largest absolute Gasteiger partial charge is 0.391 e. The third kappa shape index (κ3) is 5.18. The van der Waals surface area contributed by atoms with Gasteiger partial charge in [-0.3, -0.25) is 4.79 Å². The number of aliphatic hydroxyl groups is 3. The molecule has 0 bridgehead atoms. The van der Waals surface area contributed by atoms with E-state index in [2.05, 4.69) is 5.32 Å². The lowest BCUT2D eigenvalue weighted by atomic mass is 9.72. The van der Waals surface area contributed by atoms with Crippen LogP contribution in [0.3, 0.4) is 0 Å². The average molecular weight is 548 g/mol. The maximum Gasteiger partial charge on any atom is 0.246 e. The highest BCUT2D eigenvalue weighted by molar-refractivity contribution is 6.30. The number of rotatable bonds is 5. The quantitative estimate of drug-likeness (QED) is 0.430. The van der Waals surface area contributed by atoms with E-state index < -0.39 is 34.9 Å². The van der Waals surface area contributed by atoms with Gasteiger partial charge in [-0.2, -0.15) is 0 Å². The Labute approximate surface area is 225 Å². The standard InChI is InChI=1S/C28H32ClF2N3O4/c29-19-2-3-22-23(13-19)34(17-27(22)5-8-32-15-24(27)35)16-25(36)28(38)6-9-33(10-7-28)26(37)4-1-18-11-20(30)14-21(31)12-18/h1-4,11-14,24-25,32,35-36,38H,5-10,15-17H2/t24?,25-,27?/m1/s1. The molecule has 38 heavy (non-hydrogen) atoms. The Balaban J connectivity index is 1.24. The third-order valence-electron chi connectivity index (χ3n) is 8.29. The van der Waals surface area contributed by atoms with Crippen molar-refractivity contribution >= 4 is 29.3 Å². The number of aliphatic hydroxyl groups excluding tert-OH is 2. The third-order valence-corrected chi connectivity index (χ3v) is 8.53. The van der Waals surface area contributed by atoms with E-state index in [1.807, 2.05) is 23.1 Å². The summed E-state index contributed by atoms with van der Waals surface area (Å²) >= 11 is 6.30. The van der Waals surface area contributed by atoms with Crippen LogP contribution in [0.2, 0.25) is 5.02 Å². The summed E-state index contributed by atoms with van der Waals surface area (Å²) in [6.07, 6.45) is 2.02. The average Bonchev–Trinajstić information content (AvgIpc) is 3.17. The van der Waals surface area contributed by atoms with Crippen molar-refractivity contribution in [3.63, 3.8) is 0 Å². The highest BCUT2D eigenvalue weighted by Crippen LogP contribution is 2.47. The van der Waals surface area contributed by atoms with Crippen LogP contribution in [0.5, 0.6) is 0 Å². The van der Waals surface area contributed by atoms with Gasteiger partial charge in [0, 0.05) is 61.0 Å². The van der Waals surface area contributed by atoms with Gasteiger partial charge in [0.1, 0.15) is 17.7 Å². The number of nitrogens with zero attached hydrogens (tertiary/aromatic N) is 2. The summed E-state index contributed by atoms with van der Waals surface area (Å²) in [6, 6.07) is 8.64. The maximum atomic E-state index is 13.4. The molecule has 3 aliphatic rings. The predicted octanol–water partition coefficient (Wildman–Crippen LogP) is 2.46. The lowest BCUT2D eigenvalue weighted by Gasteiger charge is -2.43. The molecule has 0 aromatic heterocycles. The highest BCUT2D eigenvalue weighted by Gasteiger charge is 2.50. The number of β-amino-alcohol motifs (C(OH)–C–C–N with tert-alkyl or cyclic N) is 2. The summed E-state index contributed by atoms with van der Waals surface area (Å²) < 4.78 is 26.8. The number of anilines is 1. The maximum absolute atomic E-state index is 13.4. The zero-order valence-corrected chi connectivity index (χ0v) is 21.7. The fourth-order valence-corrected chi connectivity index (χ4v) is 6.21. The van der Waals surface area contributed by atoms with Crippen molar-refractivity contribution in [3.05, 3.63) is 70.3 Å². The van der Waals surface area contributed by atoms with Crippen molar-refractivity contribution in [2.45, 2.75) is 42.5 Å². The molecule has 4 N–H and O–H groups in total. The molecule has 2 aromatic rings. The predicted molar refractivity (Wildman–Crippen MR) is 141 cm³/mol. The lowest BCUT2D eigenvalue weighted by Crippen LogP contribution is -2.57. The zero-order chi connectivity index (χ0) is 27.1. The molecule has 3 atom stereocenters. The fourth-order valence-electron chi connectivity index (χ4n) is 6.04. The van der Waals surface area contributed by atoms with Crippen LogP contribution < -0.4 is 10.2 Å². The number of nitrogens with one attached hydrogen (secondary N) is 1. The van der Waals surface area contributed by atoms with Gasteiger partial charge in [0.25, 0.3) is 0 Å². The SMILES string of the molecule is O=C(C=Cc1cc(F)cc(F)c1)N1CCC(O)([C@H](O)CN2CC3(CCNCC3O)c3ccc(Cl)cc32)CC1. The Morgan fingerprint density at radius 3 is 2.55 bits per heavy atom. The summed E-state index contributed by atoms with van der Waals surface area (Å²) in [6.45, 7) is 2.37. The minimum atomic E-state index is -1.40. The first kappa shape index (κ1) is 27.0. The van der Waals surface area contributed by atoms with Gasteiger partial charge < -0.3 is 30.4 Å². The van der Waals surface area contributed by atoms with Crippen LogP contribution in [-0.2, 0) is 10.2 Å². The molecule has 3 aliphatic heterocycles. The molecule has 7 nitrogen and oxygen atoms in total. The van der Waals surface area contributed by atoms with E-state index in [4.69, 9.17) is 11.6 Å². The number of halogens is 3. The molecular formula is C28H32ClF2N3O4. The second-order valence-corrected chi connectivity index (χ2v) is 11.1. The normalized spacial score (nSPS) is 25.7. The molecule has 1 spiro atoms. The van der Waals surface area contributed by atoms with Crippen LogP contribution in [0.4, 0.5) is 14.5 Å². The molecule has 2 fully saturated rings.